The van der Waals surface area contributed by atoms with Crippen molar-refractivity contribution in [1.82, 2.24) is 19.7 Å². The van der Waals surface area contributed by atoms with Gasteiger partial charge in [0, 0.05) is 34.7 Å². The first-order valence-corrected chi connectivity index (χ1v) is 10.3. The average Bonchev–Trinajstić information content (AvgIpc) is 3.31. The molecule has 2 aromatic carbocycles. The van der Waals surface area contributed by atoms with Gasteiger partial charge in [0.05, 0.1) is 5.25 Å². The molecule has 148 valence electrons. The van der Waals surface area contributed by atoms with Crippen LogP contribution in [0.25, 0.3) is 10.9 Å². The zero-order valence-corrected chi connectivity index (χ0v) is 17.5. The lowest BCUT2D eigenvalue weighted by Crippen LogP contribution is -2.14. The Morgan fingerprint density at radius 3 is 2.76 bits per heavy atom. The van der Waals surface area contributed by atoms with E-state index in [9.17, 15) is 4.79 Å². The molecule has 0 saturated heterocycles. The Morgan fingerprint density at radius 2 is 1.97 bits per heavy atom. The van der Waals surface area contributed by atoms with Gasteiger partial charge in [0.25, 0.3) is 0 Å². The van der Waals surface area contributed by atoms with Gasteiger partial charge in [-0.3, -0.25) is 4.79 Å². The smallest absolute Gasteiger partial charge is 0.191 e. The summed E-state index contributed by atoms with van der Waals surface area (Å²) in [5.74, 6) is 1.43. The highest BCUT2D eigenvalue weighted by Crippen LogP contribution is 2.27. The van der Waals surface area contributed by atoms with E-state index in [0.29, 0.717) is 27.3 Å². The molecule has 1 unspecified atom stereocenters. The molecule has 0 fully saturated rings. The molecule has 0 aliphatic rings. The largest absolute Gasteiger partial charge is 0.486 e. The van der Waals surface area contributed by atoms with Crippen molar-refractivity contribution in [3.05, 3.63) is 71.1 Å². The van der Waals surface area contributed by atoms with Crippen LogP contribution in [0.1, 0.15) is 23.1 Å². The molecule has 0 bridgehead atoms. The van der Waals surface area contributed by atoms with E-state index in [-0.39, 0.29) is 17.6 Å². The minimum absolute atomic E-state index is 0.0504. The molecule has 4 rings (SSSR count). The third kappa shape index (κ3) is 4.16. The van der Waals surface area contributed by atoms with Crippen molar-refractivity contribution in [3.8, 4) is 5.75 Å². The quantitative estimate of drug-likeness (QED) is 0.336. The zero-order valence-electron chi connectivity index (χ0n) is 15.9. The van der Waals surface area contributed by atoms with Crippen LogP contribution in [-0.4, -0.2) is 30.8 Å². The normalized spacial score (nSPS) is 12.2. The fraction of sp³-hybridized carbons (Fsp3) is 0.190. The Bertz CT molecular complexity index is 1150. The summed E-state index contributed by atoms with van der Waals surface area (Å²) in [5.41, 5.74) is 1.64. The van der Waals surface area contributed by atoms with Gasteiger partial charge in [0.1, 0.15) is 12.4 Å². The Hall–Kier alpha value is -2.77. The molecule has 1 N–H and O–H groups in total. The SMILES string of the molecule is CC(Sc1nnc(COc2ccc(Cl)cc2)n1C)C(=O)c1c[nH]c2ccccc12. The number of benzene rings is 2. The Balaban J connectivity index is 1.44. The average molecular weight is 427 g/mol. The topological polar surface area (TPSA) is 72.8 Å². The number of rotatable bonds is 7. The van der Waals surface area contributed by atoms with E-state index < -0.39 is 0 Å². The third-order valence-electron chi connectivity index (χ3n) is 4.61. The third-order valence-corrected chi connectivity index (χ3v) is 6.00. The van der Waals surface area contributed by atoms with Gasteiger partial charge in [-0.2, -0.15) is 0 Å². The molecular weight excluding hydrogens is 408 g/mol. The van der Waals surface area contributed by atoms with Crippen molar-refractivity contribution in [3.63, 3.8) is 0 Å². The second kappa shape index (κ2) is 8.31. The molecule has 0 aliphatic heterocycles. The van der Waals surface area contributed by atoms with Crippen molar-refractivity contribution in [2.24, 2.45) is 7.05 Å². The molecule has 0 aliphatic carbocycles. The first-order valence-electron chi connectivity index (χ1n) is 9.06. The van der Waals surface area contributed by atoms with Crippen LogP contribution in [0, 0.1) is 0 Å². The van der Waals surface area contributed by atoms with Crippen LogP contribution in [0.3, 0.4) is 0 Å². The van der Waals surface area contributed by atoms with Gasteiger partial charge in [0.15, 0.2) is 16.8 Å². The molecule has 8 heteroatoms. The van der Waals surface area contributed by atoms with Crippen LogP contribution >= 0.6 is 23.4 Å². The zero-order chi connectivity index (χ0) is 20.4. The van der Waals surface area contributed by atoms with Crippen molar-refractivity contribution in [2.45, 2.75) is 23.9 Å². The lowest BCUT2D eigenvalue weighted by Gasteiger charge is -2.10. The summed E-state index contributed by atoms with van der Waals surface area (Å²) in [6, 6.07) is 14.9. The molecule has 2 heterocycles. The minimum Gasteiger partial charge on any atom is -0.486 e. The van der Waals surface area contributed by atoms with Crippen molar-refractivity contribution >= 4 is 40.0 Å². The highest BCUT2D eigenvalue weighted by Gasteiger charge is 2.22. The number of halogens is 1. The summed E-state index contributed by atoms with van der Waals surface area (Å²) in [6.45, 7) is 2.16. The number of thioether (sulfide) groups is 1. The Labute approximate surface area is 177 Å². The van der Waals surface area contributed by atoms with Crippen molar-refractivity contribution < 1.29 is 9.53 Å². The number of carbonyl (C=O) groups excluding carboxylic acids is 1. The number of aromatic amines is 1. The second-order valence-electron chi connectivity index (χ2n) is 6.57. The number of hydrogen-bond donors (Lipinski definition) is 1. The number of Topliss-reactive ketones (excluding diaryl/α,β-unsaturated/α-hetero) is 1. The van der Waals surface area contributed by atoms with Gasteiger partial charge in [-0.1, -0.05) is 41.6 Å². The fourth-order valence-electron chi connectivity index (χ4n) is 2.96. The summed E-state index contributed by atoms with van der Waals surface area (Å²) in [5, 5.41) is 10.4. The van der Waals surface area contributed by atoms with Crippen LogP contribution in [0.15, 0.2) is 59.9 Å². The van der Waals surface area contributed by atoms with E-state index in [1.807, 2.05) is 42.8 Å². The maximum absolute atomic E-state index is 12.9. The van der Waals surface area contributed by atoms with Crippen LogP contribution in [0.4, 0.5) is 0 Å². The number of ether oxygens (including phenoxy) is 1. The van der Waals surface area contributed by atoms with Crippen LogP contribution < -0.4 is 4.74 Å². The fourth-order valence-corrected chi connectivity index (χ4v) is 3.99. The van der Waals surface area contributed by atoms with Gasteiger partial charge in [-0.15, -0.1) is 10.2 Å². The highest BCUT2D eigenvalue weighted by molar-refractivity contribution is 8.00. The van der Waals surface area contributed by atoms with Crippen molar-refractivity contribution in [2.75, 3.05) is 0 Å². The standard InChI is InChI=1S/C21H19ClN4O2S/c1-13(20(27)17-11-23-18-6-4-3-5-16(17)18)29-21-25-24-19(26(21)2)12-28-15-9-7-14(22)8-10-15/h3-11,13,23H,12H2,1-2H3. The maximum atomic E-state index is 12.9. The molecule has 0 spiro atoms. The molecule has 0 radical (unpaired) electrons. The predicted octanol–water partition coefficient (Wildman–Crippen LogP) is 4.89. The number of carbonyl (C=O) groups is 1. The van der Waals surface area contributed by atoms with E-state index >= 15 is 0 Å². The van der Waals surface area contributed by atoms with Crippen LogP contribution in [-0.2, 0) is 13.7 Å². The molecule has 6 nitrogen and oxygen atoms in total. The molecule has 1 atom stereocenters. The van der Waals surface area contributed by atoms with E-state index in [4.69, 9.17) is 16.3 Å². The number of fused-ring (bicyclic) bond motifs is 1. The van der Waals surface area contributed by atoms with E-state index in [1.54, 1.807) is 30.5 Å². The van der Waals surface area contributed by atoms with Gasteiger partial charge in [-0.05, 0) is 37.3 Å². The number of nitrogens with one attached hydrogen (secondary N) is 1. The number of ketones is 1. The summed E-state index contributed by atoms with van der Waals surface area (Å²) in [4.78, 5) is 16.1. The summed E-state index contributed by atoms with van der Waals surface area (Å²) < 4.78 is 7.59. The molecule has 4 aromatic rings. The van der Waals surface area contributed by atoms with Gasteiger partial charge < -0.3 is 14.3 Å². The lowest BCUT2D eigenvalue weighted by atomic mass is 10.1. The van der Waals surface area contributed by atoms with Gasteiger partial charge in [0.2, 0.25) is 0 Å². The van der Waals surface area contributed by atoms with Crippen molar-refractivity contribution in [1.29, 1.82) is 0 Å². The number of H-pyrrole nitrogens is 1. The van der Waals surface area contributed by atoms with Crippen LogP contribution in [0.2, 0.25) is 5.02 Å². The molecule has 0 amide bonds. The number of para-hydroxylation sites is 1. The van der Waals surface area contributed by atoms with E-state index in [2.05, 4.69) is 15.2 Å². The molecular formula is C21H19ClN4O2S. The number of nitrogens with zero attached hydrogens (tertiary/aromatic N) is 3. The van der Waals surface area contributed by atoms with E-state index in [1.165, 1.54) is 11.8 Å². The number of aromatic nitrogens is 4. The molecule has 29 heavy (non-hydrogen) atoms. The summed E-state index contributed by atoms with van der Waals surface area (Å²) >= 11 is 7.27. The van der Waals surface area contributed by atoms with E-state index in [0.717, 1.165) is 10.9 Å². The van der Waals surface area contributed by atoms with Gasteiger partial charge >= 0.3 is 0 Å². The lowest BCUT2D eigenvalue weighted by molar-refractivity contribution is 0.0995. The first kappa shape index (κ1) is 19.5. The predicted molar refractivity (Wildman–Crippen MR) is 115 cm³/mol. The summed E-state index contributed by atoms with van der Waals surface area (Å²) in [7, 11) is 1.87. The Morgan fingerprint density at radius 1 is 1.21 bits per heavy atom. The Kier molecular flexibility index (Phi) is 5.60. The van der Waals surface area contributed by atoms with Crippen LogP contribution in [0.5, 0.6) is 5.75 Å². The minimum atomic E-state index is -0.304. The van der Waals surface area contributed by atoms with Gasteiger partial charge in [-0.25, -0.2) is 0 Å². The molecule has 0 saturated carbocycles. The maximum Gasteiger partial charge on any atom is 0.191 e. The summed E-state index contributed by atoms with van der Waals surface area (Å²) in [6.07, 6.45) is 1.77. The first-order chi connectivity index (χ1) is 14.0. The monoisotopic (exact) mass is 426 g/mol. The number of hydrogen-bond acceptors (Lipinski definition) is 5. The highest BCUT2D eigenvalue weighted by atomic mass is 35.5. The second-order valence-corrected chi connectivity index (χ2v) is 8.32. The molecule has 2 aromatic heterocycles.